The minimum Gasteiger partial charge on any atom is -0.497 e. The minimum atomic E-state index is 0.616. The Labute approximate surface area is 148 Å². The van der Waals surface area contributed by atoms with Crippen LogP contribution in [0.2, 0.25) is 0 Å². The van der Waals surface area contributed by atoms with Gasteiger partial charge in [0.1, 0.15) is 11.6 Å². The summed E-state index contributed by atoms with van der Waals surface area (Å²) in [7, 11) is 1.67. The zero-order valence-electron chi connectivity index (χ0n) is 14.5. The van der Waals surface area contributed by atoms with E-state index in [4.69, 9.17) is 4.74 Å². The van der Waals surface area contributed by atoms with E-state index < -0.39 is 0 Å². The average molecular weight is 334 g/mol. The Bertz CT molecular complexity index is 801. The summed E-state index contributed by atoms with van der Waals surface area (Å²) >= 11 is 0. The highest BCUT2D eigenvalue weighted by Gasteiger charge is 2.01. The molecular formula is C20H22N4O. The molecule has 0 amide bonds. The lowest BCUT2D eigenvalue weighted by Crippen LogP contribution is -2.08. The maximum absolute atomic E-state index is 5.17. The van der Waals surface area contributed by atoms with E-state index in [-0.39, 0.29) is 0 Å². The van der Waals surface area contributed by atoms with Gasteiger partial charge >= 0.3 is 0 Å². The van der Waals surface area contributed by atoms with Crippen molar-refractivity contribution in [2.24, 2.45) is 0 Å². The van der Waals surface area contributed by atoms with E-state index in [2.05, 4.69) is 51.8 Å². The fourth-order valence-corrected chi connectivity index (χ4v) is 2.41. The van der Waals surface area contributed by atoms with E-state index in [9.17, 15) is 0 Å². The molecule has 0 fully saturated rings. The van der Waals surface area contributed by atoms with Crippen LogP contribution in [0, 0.1) is 6.92 Å². The third-order valence-corrected chi connectivity index (χ3v) is 3.84. The number of ether oxygens (including phenoxy) is 1. The van der Waals surface area contributed by atoms with Crippen LogP contribution in [0.1, 0.15) is 11.1 Å². The van der Waals surface area contributed by atoms with Gasteiger partial charge in [-0.15, -0.1) is 0 Å². The van der Waals surface area contributed by atoms with Crippen LogP contribution < -0.4 is 15.4 Å². The van der Waals surface area contributed by atoms with Crippen LogP contribution in [0.15, 0.2) is 60.8 Å². The minimum absolute atomic E-state index is 0.616. The normalized spacial score (nSPS) is 10.3. The fourth-order valence-electron chi connectivity index (χ4n) is 2.41. The van der Waals surface area contributed by atoms with E-state index >= 15 is 0 Å². The SMILES string of the molecule is COc1ccc(CCNc2nccc(Nc3ccc(C)cc3)n2)cc1. The topological polar surface area (TPSA) is 59.1 Å². The number of hydrogen-bond acceptors (Lipinski definition) is 5. The Morgan fingerprint density at radius 2 is 1.72 bits per heavy atom. The number of hydrogen-bond donors (Lipinski definition) is 2. The van der Waals surface area contributed by atoms with Crippen molar-refractivity contribution >= 4 is 17.5 Å². The summed E-state index contributed by atoms with van der Waals surface area (Å²) in [5, 5.41) is 6.55. The Morgan fingerprint density at radius 3 is 2.44 bits per heavy atom. The molecule has 0 aliphatic carbocycles. The lowest BCUT2D eigenvalue weighted by molar-refractivity contribution is 0.414. The summed E-state index contributed by atoms with van der Waals surface area (Å²) in [6.07, 6.45) is 2.64. The molecule has 5 heteroatoms. The molecule has 2 aromatic carbocycles. The van der Waals surface area contributed by atoms with Gasteiger partial charge < -0.3 is 15.4 Å². The first kappa shape index (κ1) is 16.8. The van der Waals surface area contributed by atoms with Crippen LogP contribution >= 0.6 is 0 Å². The second kappa shape index (κ2) is 8.15. The smallest absolute Gasteiger partial charge is 0.224 e. The van der Waals surface area contributed by atoms with Crippen LogP contribution in [0.3, 0.4) is 0 Å². The molecule has 0 aliphatic heterocycles. The van der Waals surface area contributed by atoms with Gasteiger partial charge in [-0.3, -0.25) is 0 Å². The summed E-state index contributed by atoms with van der Waals surface area (Å²) in [6, 6.07) is 18.1. The number of nitrogens with zero attached hydrogens (tertiary/aromatic N) is 2. The lowest BCUT2D eigenvalue weighted by Gasteiger charge is -2.09. The molecule has 3 rings (SSSR count). The molecule has 25 heavy (non-hydrogen) atoms. The first-order valence-corrected chi connectivity index (χ1v) is 8.26. The van der Waals surface area contributed by atoms with Gasteiger partial charge in [0, 0.05) is 18.4 Å². The molecule has 3 aromatic rings. The Balaban J connectivity index is 1.55. The van der Waals surface area contributed by atoms with Crippen LogP contribution in [0.4, 0.5) is 17.5 Å². The van der Waals surface area contributed by atoms with Crippen molar-refractivity contribution < 1.29 is 4.74 Å². The van der Waals surface area contributed by atoms with Crippen molar-refractivity contribution in [2.75, 3.05) is 24.3 Å². The van der Waals surface area contributed by atoms with Crippen molar-refractivity contribution in [1.82, 2.24) is 9.97 Å². The quantitative estimate of drug-likeness (QED) is 0.678. The lowest BCUT2D eigenvalue weighted by atomic mass is 10.1. The highest BCUT2D eigenvalue weighted by molar-refractivity contribution is 5.57. The molecule has 1 heterocycles. The summed E-state index contributed by atoms with van der Waals surface area (Å²) in [5.74, 6) is 2.26. The van der Waals surface area contributed by atoms with E-state index in [1.54, 1.807) is 13.3 Å². The molecule has 128 valence electrons. The summed E-state index contributed by atoms with van der Waals surface area (Å²) in [5.41, 5.74) is 3.48. The predicted molar refractivity (Wildman–Crippen MR) is 102 cm³/mol. The van der Waals surface area contributed by atoms with Crippen LogP contribution in [0.5, 0.6) is 5.75 Å². The molecule has 0 saturated carbocycles. The molecular weight excluding hydrogens is 312 g/mol. The van der Waals surface area contributed by atoms with Crippen LogP contribution in [-0.2, 0) is 6.42 Å². The number of nitrogens with one attached hydrogen (secondary N) is 2. The average Bonchev–Trinajstić information content (AvgIpc) is 2.65. The zero-order valence-corrected chi connectivity index (χ0v) is 14.5. The van der Waals surface area contributed by atoms with Crippen LogP contribution in [-0.4, -0.2) is 23.6 Å². The molecule has 5 nitrogen and oxygen atoms in total. The fraction of sp³-hybridized carbons (Fsp3) is 0.200. The zero-order chi connectivity index (χ0) is 17.5. The van der Waals surface area contributed by atoms with Crippen molar-refractivity contribution in [1.29, 1.82) is 0 Å². The van der Waals surface area contributed by atoms with Gasteiger partial charge in [0.15, 0.2) is 0 Å². The number of rotatable bonds is 7. The number of aromatic nitrogens is 2. The summed E-state index contributed by atoms with van der Waals surface area (Å²) < 4.78 is 5.17. The standard InChI is InChI=1S/C20H22N4O/c1-15-3-7-17(8-4-15)23-19-12-14-22-20(24-19)21-13-11-16-5-9-18(25-2)10-6-16/h3-10,12,14H,11,13H2,1-2H3,(H2,21,22,23,24). The molecule has 0 aliphatic rings. The molecule has 0 radical (unpaired) electrons. The molecule has 0 bridgehead atoms. The van der Waals surface area contributed by atoms with Gasteiger partial charge in [-0.25, -0.2) is 4.98 Å². The highest BCUT2D eigenvalue weighted by atomic mass is 16.5. The van der Waals surface area contributed by atoms with Gasteiger partial charge in [-0.2, -0.15) is 4.98 Å². The number of methoxy groups -OCH3 is 1. The van der Waals surface area contributed by atoms with Gasteiger partial charge in [-0.1, -0.05) is 29.8 Å². The van der Waals surface area contributed by atoms with E-state index in [0.717, 1.165) is 30.2 Å². The van der Waals surface area contributed by atoms with Crippen molar-refractivity contribution in [3.05, 3.63) is 71.9 Å². The second-order valence-electron chi connectivity index (χ2n) is 5.78. The van der Waals surface area contributed by atoms with Gasteiger partial charge in [0.25, 0.3) is 0 Å². The number of benzene rings is 2. The summed E-state index contributed by atoms with van der Waals surface area (Å²) in [4.78, 5) is 8.77. The molecule has 0 saturated heterocycles. The molecule has 0 atom stereocenters. The monoisotopic (exact) mass is 334 g/mol. The van der Waals surface area contributed by atoms with Crippen LogP contribution in [0.25, 0.3) is 0 Å². The van der Waals surface area contributed by atoms with E-state index in [1.807, 2.05) is 30.3 Å². The van der Waals surface area contributed by atoms with E-state index in [1.165, 1.54) is 11.1 Å². The second-order valence-corrected chi connectivity index (χ2v) is 5.78. The van der Waals surface area contributed by atoms with E-state index in [0.29, 0.717) is 5.95 Å². The molecule has 1 aromatic heterocycles. The largest absolute Gasteiger partial charge is 0.497 e. The van der Waals surface area contributed by atoms with Gasteiger partial charge in [0.05, 0.1) is 7.11 Å². The molecule has 2 N–H and O–H groups in total. The predicted octanol–water partition coefficient (Wildman–Crippen LogP) is 4.19. The maximum Gasteiger partial charge on any atom is 0.224 e. The van der Waals surface area contributed by atoms with Crippen molar-refractivity contribution in [3.8, 4) is 5.75 Å². The Morgan fingerprint density at radius 1 is 0.960 bits per heavy atom. The Kier molecular flexibility index (Phi) is 5.46. The number of anilines is 3. The number of aryl methyl sites for hydroxylation is 1. The van der Waals surface area contributed by atoms with Crippen molar-refractivity contribution in [3.63, 3.8) is 0 Å². The van der Waals surface area contributed by atoms with Gasteiger partial charge in [-0.05, 0) is 49.2 Å². The maximum atomic E-state index is 5.17. The van der Waals surface area contributed by atoms with Crippen molar-refractivity contribution in [2.45, 2.75) is 13.3 Å². The molecule has 0 spiro atoms. The van der Waals surface area contributed by atoms with Gasteiger partial charge in [0.2, 0.25) is 5.95 Å². The first-order chi connectivity index (χ1) is 12.2. The first-order valence-electron chi connectivity index (χ1n) is 8.26. The Hall–Kier alpha value is -3.08. The molecule has 0 unspecified atom stereocenters. The third-order valence-electron chi connectivity index (χ3n) is 3.84. The summed E-state index contributed by atoms with van der Waals surface area (Å²) in [6.45, 7) is 2.83. The highest BCUT2D eigenvalue weighted by Crippen LogP contribution is 2.16. The third kappa shape index (κ3) is 4.94.